The predicted molar refractivity (Wildman–Crippen MR) is 70.0 cm³/mol. The van der Waals surface area contributed by atoms with Crippen molar-refractivity contribution in [2.24, 2.45) is 5.73 Å². The van der Waals surface area contributed by atoms with Crippen LogP contribution in [0, 0.1) is 0 Å². The molecule has 0 saturated carbocycles. The van der Waals surface area contributed by atoms with Crippen molar-refractivity contribution >= 4 is 17.5 Å². The molecule has 1 rings (SSSR count). The number of hydrogen-bond donors (Lipinski definition) is 3. The van der Waals surface area contributed by atoms with Gasteiger partial charge in [0.1, 0.15) is 5.75 Å². The molecule has 0 bridgehead atoms. The van der Waals surface area contributed by atoms with Crippen LogP contribution in [0.5, 0.6) is 5.75 Å². The molecule has 0 heterocycles. The minimum Gasteiger partial charge on any atom is -0.496 e. The van der Waals surface area contributed by atoms with Crippen LogP contribution >= 0.6 is 11.6 Å². The third kappa shape index (κ3) is 3.87. The number of rotatable bonds is 5. The van der Waals surface area contributed by atoms with E-state index in [0.717, 1.165) is 0 Å². The van der Waals surface area contributed by atoms with Crippen LogP contribution in [0.2, 0.25) is 5.02 Å². The van der Waals surface area contributed by atoms with E-state index in [1.165, 1.54) is 13.2 Å². The number of amides is 1. The molecule has 0 spiro atoms. The van der Waals surface area contributed by atoms with Gasteiger partial charge in [0.15, 0.2) is 0 Å². The van der Waals surface area contributed by atoms with Crippen molar-refractivity contribution in [3.63, 3.8) is 0 Å². The van der Waals surface area contributed by atoms with Crippen LogP contribution in [-0.4, -0.2) is 36.8 Å². The standard InChI is InChI=1S/C12H17ClN2O3/c1-7(16)10(14)6-15-12(17)9-5-8(13)3-4-11(9)18-2/h3-5,7,10,16H,6,14H2,1-2H3,(H,15,17). The average Bonchev–Trinajstić information content (AvgIpc) is 2.35. The lowest BCUT2D eigenvalue weighted by Gasteiger charge is -2.16. The molecule has 0 aliphatic carbocycles. The van der Waals surface area contributed by atoms with Crippen molar-refractivity contribution in [1.29, 1.82) is 0 Å². The largest absolute Gasteiger partial charge is 0.496 e. The molecule has 100 valence electrons. The van der Waals surface area contributed by atoms with Crippen LogP contribution in [0.15, 0.2) is 18.2 Å². The highest BCUT2D eigenvalue weighted by Gasteiger charge is 2.15. The molecule has 0 saturated heterocycles. The van der Waals surface area contributed by atoms with E-state index in [2.05, 4.69) is 5.32 Å². The van der Waals surface area contributed by atoms with Gasteiger partial charge in [-0.05, 0) is 25.1 Å². The van der Waals surface area contributed by atoms with E-state index in [-0.39, 0.29) is 12.5 Å². The number of methoxy groups -OCH3 is 1. The Morgan fingerprint density at radius 1 is 1.61 bits per heavy atom. The third-order valence-corrected chi connectivity index (χ3v) is 2.76. The molecule has 1 aromatic carbocycles. The van der Waals surface area contributed by atoms with Gasteiger partial charge in [-0.1, -0.05) is 11.6 Å². The minimum atomic E-state index is -0.688. The second-order valence-corrected chi connectivity index (χ2v) is 4.40. The normalized spacial score (nSPS) is 13.8. The molecule has 18 heavy (non-hydrogen) atoms. The van der Waals surface area contributed by atoms with Gasteiger partial charge in [0.2, 0.25) is 0 Å². The zero-order chi connectivity index (χ0) is 13.7. The average molecular weight is 273 g/mol. The summed E-state index contributed by atoms with van der Waals surface area (Å²) in [4.78, 5) is 11.9. The molecule has 0 aromatic heterocycles. The minimum absolute atomic E-state index is 0.173. The zero-order valence-corrected chi connectivity index (χ0v) is 11.1. The van der Waals surface area contributed by atoms with Gasteiger partial charge in [0, 0.05) is 17.6 Å². The van der Waals surface area contributed by atoms with E-state index < -0.39 is 12.1 Å². The van der Waals surface area contributed by atoms with Crippen LogP contribution in [0.1, 0.15) is 17.3 Å². The van der Waals surface area contributed by atoms with E-state index in [4.69, 9.17) is 22.1 Å². The molecule has 2 unspecified atom stereocenters. The van der Waals surface area contributed by atoms with Gasteiger partial charge in [-0.2, -0.15) is 0 Å². The molecule has 0 radical (unpaired) electrons. The molecule has 4 N–H and O–H groups in total. The first-order chi connectivity index (χ1) is 8.45. The fraction of sp³-hybridized carbons (Fsp3) is 0.417. The molecular formula is C12H17ClN2O3. The number of carbonyl (C=O) groups is 1. The number of carbonyl (C=O) groups excluding carboxylic acids is 1. The molecule has 5 nitrogen and oxygen atoms in total. The topological polar surface area (TPSA) is 84.6 Å². The van der Waals surface area contributed by atoms with Gasteiger partial charge < -0.3 is 20.9 Å². The number of nitrogens with one attached hydrogen (secondary N) is 1. The highest BCUT2D eigenvalue weighted by Crippen LogP contribution is 2.22. The summed E-state index contributed by atoms with van der Waals surface area (Å²) >= 11 is 5.83. The first kappa shape index (κ1) is 14.8. The Balaban J connectivity index is 2.75. The Kier molecular flexibility index (Phi) is 5.40. The van der Waals surface area contributed by atoms with Crippen LogP contribution in [0.4, 0.5) is 0 Å². The van der Waals surface area contributed by atoms with Gasteiger partial charge >= 0.3 is 0 Å². The summed E-state index contributed by atoms with van der Waals surface area (Å²) in [6.45, 7) is 1.74. The SMILES string of the molecule is COc1ccc(Cl)cc1C(=O)NCC(N)C(C)O. The van der Waals surface area contributed by atoms with Crippen LogP contribution in [0.25, 0.3) is 0 Å². The van der Waals surface area contributed by atoms with Crippen LogP contribution < -0.4 is 15.8 Å². The third-order valence-electron chi connectivity index (χ3n) is 2.52. The number of nitrogens with two attached hydrogens (primary N) is 1. The van der Waals surface area contributed by atoms with Crippen LogP contribution in [-0.2, 0) is 0 Å². The molecule has 6 heteroatoms. The highest BCUT2D eigenvalue weighted by molar-refractivity contribution is 6.31. The van der Waals surface area contributed by atoms with E-state index in [0.29, 0.717) is 16.3 Å². The molecule has 2 atom stereocenters. The molecule has 1 aromatic rings. The predicted octanol–water partition coefficient (Wildman–Crippen LogP) is 0.786. The zero-order valence-electron chi connectivity index (χ0n) is 10.3. The summed E-state index contributed by atoms with van der Waals surface area (Å²) in [5.74, 6) is 0.0907. The lowest BCUT2D eigenvalue weighted by Crippen LogP contribution is -2.43. The Labute approximate surface area is 111 Å². The quantitative estimate of drug-likeness (QED) is 0.740. The van der Waals surface area contributed by atoms with E-state index >= 15 is 0 Å². The van der Waals surface area contributed by atoms with Gasteiger partial charge in [0.25, 0.3) is 5.91 Å². The van der Waals surface area contributed by atoms with Gasteiger partial charge in [-0.25, -0.2) is 0 Å². The molecule has 1 amide bonds. The van der Waals surface area contributed by atoms with E-state index in [9.17, 15) is 9.90 Å². The van der Waals surface area contributed by atoms with Crippen LogP contribution in [0.3, 0.4) is 0 Å². The first-order valence-corrected chi connectivity index (χ1v) is 5.89. The first-order valence-electron chi connectivity index (χ1n) is 5.51. The van der Waals surface area contributed by atoms with E-state index in [1.807, 2.05) is 0 Å². The summed E-state index contributed by atoms with van der Waals surface area (Å²) in [6, 6.07) is 4.26. The molecular weight excluding hydrogens is 256 g/mol. The lowest BCUT2D eigenvalue weighted by atomic mass is 10.1. The van der Waals surface area contributed by atoms with Crippen molar-refractivity contribution in [1.82, 2.24) is 5.32 Å². The molecule has 0 aliphatic heterocycles. The Hall–Kier alpha value is -1.30. The van der Waals surface area contributed by atoms with Crippen molar-refractivity contribution in [3.05, 3.63) is 28.8 Å². The monoisotopic (exact) mass is 272 g/mol. The fourth-order valence-electron chi connectivity index (χ4n) is 1.33. The second-order valence-electron chi connectivity index (χ2n) is 3.96. The van der Waals surface area contributed by atoms with Crippen molar-refractivity contribution < 1.29 is 14.6 Å². The van der Waals surface area contributed by atoms with Crippen molar-refractivity contribution in [2.75, 3.05) is 13.7 Å². The van der Waals surface area contributed by atoms with E-state index in [1.54, 1.807) is 19.1 Å². The van der Waals surface area contributed by atoms with Crippen molar-refractivity contribution in [3.8, 4) is 5.75 Å². The summed E-state index contributed by atoms with van der Waals surface area (Å²) < 4.78 is 5.08. The number of ether oxygens (including phenoxy) is 1. The number of aliphatic hydroxyl groups excluding tert-OH is 1. The molecule has 0 fully saturated rings. The maximum atomic E-state index is 11.9. The summed E-state index contributed by atoms with van der Waals surface area (Å²) in [7, 11) is 1.47. The highest BCUT2D eigenvalue weighted by atomic mass is 35.5. The number of hydrogen-bond acceptors (Lipinski definition) is 4. The number of halogens is 1. The Morgan fingerprint density at radius 3 is 2.83 bits per heavy atom. The second kappa shape index (κ2) is 6.58. The number of benzene rings is 1. The fourth-order valence-corrected chi connectivity index (χ4v) is 1.51. The van der Waals surface area contributed by atoms with Gasteiger partial charge in [0.05, 0.1) is 18.8 Å². The van der Waals surface area contributed by atoms with Crippen molar-refractivity contribution in [2.45, 2.75) is 19.1 Å². The summed E-state index contributed by atoms with van der Waals surface area (Å²) in [5.41, 5.74) is 5.96. The van der Waals surface area contributed by atoms with Gasteiger partial charge in [-0.3, -0.25) is 4.79 Å². The summed E-state index contributed by atoms with van der Waals surface area (Å²) in [6.07, 6.45) is -0.688. The maximum Gasteiger partial charge on any atom is 0.255 e. The summed E-state index contributed by atoms with van der Waals surface area (Å²) in [5, 5.41) is 12.3. The van der Waals surface area contributed by atoms with Gasteiger partial charge in [-0.15, -0.1) is 0 Å². The lowest BCUT2D eigenvalue weighted by molar-refractivity contribution is 0.0934. The molecule has 0 aliphatic rings. The smallest absolute Gasteiger partial charge is 0.255 e. The Bertz CT molecular complexity index is 424. The maximum absolute atomic E-state index is 11.9. The Morgan fingerprint density at radius 2 is 2.28 bits per heavy atom. The number of aliphatic hydroxyl groups is 1.